The van der Waals surface area contributed by atoms with Crippen LogP contribution in [0.4, 0.5) is 5.69 Å². The number of nitrogen functional groups attached to an aromatic ring is 1. The Morgan fingerprint density at radius 1 is 1.31 bits per heavy atom. The van der Waals surface area contributed by atoms with Crippen LogP contribution in [-0.2, 0) is 6.42 Å². The Morgan fingerprint density at radius 2 is 2.12 bits per heavy atom. The van der Waals surface area contributed by atoms with Gasteiger partial charge in [-0.25, -0.2) is 0 Å². The third-order valence-corrected chi connectivity index (χ3v) is 3.44. The lowest BCUT2D eigenvalue weighted by atomic mass is 10.1. The second-order valence-electron chi connectivity index (χ2n) is 3.45. The van der Waals surface area contributed by atoms with Gasteiger partial charge >= 0.3 is 0 Å². The number of hydrogen-bond acceptors (Lipinski definition) is 3. The van der Waals surface area contributed by atoms with Gasteiger partial charge in [0, 0.05) is 12.1 Å². The number of carbonyl (C=O) groups is 1. The van der Waals surface area contributed by atoms with E-state index in [1.165, 1.54) is 11.3 Å². The second-order valence-corrected chi connectivity index (χ2v) is 5.16. The lowest BCUT2D eigenvalue weighted by Crippen LogP contribution is -2.01. The van der Waals surface area contributed by atoms with E-state index >= 15 is 0 Å². The number of Topliss-reactive ketones (excluding diaryl/α,β-unsaturated/α-hetero) is 1. The Hall–Kier alpha value is -1.32. The average molecular weight is 252 g/mol. The summed E-state index contributed by atoms with van der Waals surface area (Å²) >= 11 is 7.08. The summed E-state index contributed by atoms with van der Waals surface area (Å²) in [5, 5.41) is 0. The van der Waals surface area contributed by atoms with E-state index in [4.69, 9.17) is 17.3 Å². The predicted molar refractivity (Wildman–Crippen MR) is 68.2 cm³/mol. The van der Waals surface area contributed by atoms with E-state index < -0.39 is 0 Å². The molecule has 0 radical (unpaired) electrons. The van der Waals surface area contributed by atoms with Crippen molar-refractivity contribution in [3.05, 3.63) is 51.2 Å². The molecule has 0 saturated carbocycles. The lowest BCUT2D eigenvalue weighted by molar-refractivity contribution is 0.0997. The van der Waals surface area contributed by atoms with Gasteiger partial charge in [-0.15, -0.1) is 11.3 Å². The minimum Gasteiger partial charge on any atom is -0.399 e. The molecule has 2 nitrogen and oxygen atoms in total. The zero-order valence-corrected chi connectivity index (χ0v) is 10.0. The standard InChI is InChI=1S/C12H10ClNOS/c13-12-5-4-11(16-12)10(15)7-8-2-1-3-9(14)6-8/h1-6H,7,14H2. The topological polar surface area (TPSA) is 43.1 Å². The van der Waals surface area contributed by atoms with E-state index in [-0.39, 0.29) is 5.78 Å². The van der Waals surface area contributed by atoms with Crippen LogP contribution in [0.25, 0.3) is 0 Å². The smallest absolute Gasteiger partial charge is 0.177 e. The van der Waals surface area contributed by atoms with Crippen LogP contribution < -0.4 is 5.73 Å². The molecule has 2 N–H and O–H groups in total. The van der Waals surface area contributed by atoms with Gasteiger partial charge in [0.1, 0.15) is 0 Å². The van der Waals surface area contributed by atoms with E-state index in [1.807, 2.05) is 18.2 Å². The van der Waals surface area contributed by atoms with Gasteiger partial charge in [-0.05, 0) is 29.8 Å². The van der Waals surface area contributed by atoms with Crippen LogP contribution in [0.15, 0.2) is 36.4 Å². The fraction of sp³-hybridized carbons (Fsp3) is 0.0833. The number of benzene rings is 1. The summed E-state index contributed by atoms with van der Waals surface area (Å²) < 4.78 is 0.635. The molecule has 16 heavy (non-hydrogen) atoms. The maximum absolute atomic E-state index is 11.8. The predicted octanol–water partition coefficient (Wildman–Crippen LogP) is 3.41. The number of thiophene rings is 1. The molecule has 2 aromatic rings. The van der Waals surface area contributed by atoms with Gasteiger partial charge in [0.25, 0.3) is 0 Å². The number of carbonyl (C=O) groups excluding carboxylic acids is 1. The first-order valence-corrected chi connectivity index (χ1v) is 5.97. The fourth-order valence-corrected chi connectivity index (χ4v) is 2.42. The number of nitrogens with two attached hydrogens (primary N) is 1. The molecule has 1 aromatic carbocycles. The van der Waals surface area contributed by atoms with Crippen LogP contribution in [-0.4, -0.2) is 5.78 Å². The molecular weight excluding hydrogens is 242 g/mol. The molecule has 1 heterocycles. The quantitative estimate of drug-likeness (QED) is 0.671. The first-order chi connectivity index (χ1) is 7.65. The summed E-state index contributed by atoms with van der Waals surface area (Å²) in [5.41, 5.74) is 7.25. The molecule has 0 aliphatic rings. The van der Waals surface area contributed by atoms with Crippen molar-refractivity contribution in [3.8, 4) is 0 Å². The summed E-state index contributed by atoms with van der Waals surface area (Å²) in [6, 6.07) is 10.8. The molecular formula is C12H10ClNOS. The molecule has 1 aromatic heterocycles. The van der Waals surface area contributed by atoms with Crippen molar-refractivity contribution in [1.82, 2.24) is 0 Å². The highest BCUT2D eigenvalue weighted by molar-refractivity contribution is 7.18. The molecule has 2 rings (SSSR count). The van der Waals surface area contributed by atoms with Crippen LogP contribution in [0.3, 0.4) is 0 Å². The van der Waals surface area contributed by atoms with Crippen LogP contribution in [0.5, 0.6) is 0 Å². The first kappa shape index (κ1) is 11.2. The number of ketones is 1. The van der Waals surface area contributed by atoms with E-state index in [0.717, 1.165) is 5.56 Å². The van der Waals surface area contributed by atoms with Crippen molar-refractivity contribution in [2.75, 3.05) is 5.73 Å². The molecule has 82 valence electrons. The zero-order valence-electron chi connectivity index (χ0n) is 8.44. The van der Waals surface area contributed by atoms with Gasteiger partial charge in [0.15, 0.2) is 5.78 Å². The van der Waals surface area contributed by atoms with Crippen LogP contribution in [0.1, 0.15) is 15.2 Å². The van der Waals surface area contributed by atoms with Crippen molar-refractivity contribution >= 4 is 34.4 Å². The molecule has 0 aliphatic heterocycles. The van der Waals surface area contributed by atoms with Crippen LogP contribution in [0, 0.1) is 0 Å². The second kappa shape index (κ2) is 4.68. The van der Waals surface area contributed by atoms with E-state index in [9.17, 15) is 4.79 Å². The minimum atomic E-state index is 0.0718. The Labute approximate surface area is 103 Å². The number of hydrogen-bond donors (Lipinski definition) is 1. The Balaban J connectivity index is 2.13. The van der Waals surface area contributed by atoms with Gasteiger partial charge in [0.05, 0.1) is 9.21 Å². The maximum atomic E-state index is 11.8. The summed E-state index contributed by atoms with van der Waals surface area (Å²) in [7, 11) is 0. The van der Waals surface area contributed by atoms with Gasteiger partial charge in [-0.3, -0.25) is 4.79 Å². The molecule has 0 amide bonds. The van der Waals surface area contributed by atoms with Crippen molar-refractivity contribution in [1.29, 1.82) is 0 Å². The molecule has 4 heteroatoms. The highest BCUT2D eigenvalue weighted by atomic mass is 35.5. The van der Waals surface area contributed by atoms with Gasteiger partial charge < -0.3 is 5.73 Å². The molecule has 0 saturated heterocycles. The normalized spacial score (nSPS) is 10.3. The maximum Gasteiger partial charge on any atom is 0.177 e. The Bertz CT molecular complexity index is 521. The Morgan fingerprint density at radius 3 is 2.75 bits per heavy atom. The van der Waals surface area contributed by atoms with Crippen molar-refractivity contribution in [2.45, 2.75) is 6.42 Å². The summed E-state index contributed by atoms with van der Waals surface area (Å²) in [6.45, 7) is 0. The third kappa shape index (κ3) is 2.62. The lowest BCUT2D eigenvalue weighted by Gasteiger charge is -2.00. The van der Waals surface area contributed by atoms with Crippen molar-refractivity contribution in [3.63, 3.8) is 0 Å². The van der Waals surface area contributed by atoms with Gasteiger partial charge in [-0.1, -0.05) is 23.7 Å². The van der Waals surface area contributed by atoms with Gasteiger partial charge in [-0.2, -0.15) is 0 Å². The summed E-state index contributed by atoms with van der Waals surface area (Å²) in [5.74, 6) is 0.0718. The van der Waals surface area contributed by atoms with Gasteiger partial charge in [0.2, 0.25) is 0 Å². The third-order valence-electron chi connectivity index (χ3n) is 2.16. The average Bonchev–Trinajstić information content (AvgIpc) is 2.65. The fourth-order valence-electron chi connectivity index (χ4n) is 1.44. The van der Waals surface area contributed by atoms with Crippen LogP contribution >= 0.6 is 22.9 Å². The molecule has 0 bridgehead atoms. The Kier molecular flexibility index (Phi) is 3.27. The first-order valence-electron chi connectivity index (χ1n) is 4.78. The largest absolute Gasteiger partial charge is 0.399 e. The molecule has 0 atom stereocenters. The molecule has 0 unspecified atom stereocenters. The van der Waals surface area contributed by atoms with E-state index in [0.29, 0.717) is 21.3 Å². The van der Waals surface area contributed by atoms with E-state index in [1.54, 1.807) is 18.2 Å². The van der Waals surface area contributed by atoms with E-state index in [2.05, 4.69) is 0 Å². The summed E-state index contributed by atoms with van der Waals surface area (Å²) in [4.78, 5) is 12.5. The van der Waals surface area contributed by atoms with Crippen molar-refractivity contribution in [2.24, 2.45) is 0 Å². The van der Waals surface area contributed by atoms with Crippen LogP contribution in [0.2, 0.25) is 4.34 Å². The number of anilines is 1. The highest BCUT2D eigenvalue weighted by Gasteiger charge is 2.09. The number of rotatable bonds is 3. The molecule has 0 fully saturated rings. The SMILES string of the molecule is Nc1cccc(CC(=O)c2ccc(Cl)s2)c1. The number of halogens is 1. The van der Waals surface area contributed by atoms with Crippen molar-refractivity contribution < 1.29 is 4.79 Å². The zero-order chi connectivity index (χ0) is 11.5. The summed E-state index contributed by atoms with van der Waals surface area (Å²) in [6.07, 6.45) is 0.363. The monoisotopic (exact) mass is 251 g/mol. The highest BCUT2D eigenvalue weighted by Crippen LogP contribution is 2.23. The molecule has 0 aliphatic carbocycles. The minimum absolute atomic E-state index is 0.0718. The molecule has 0 spiro atoms.